The van der Waals surface area contributed by atoms with Crippen LogP contribution in [0, 0.1) is 0 Å². The summed E-state index contributed by atoms with van der Waals surface area (Å²) in [4.78, 5) is 12.5. The van der Waals surface area contributed by atoms with E-state index in [-0.39, 0.29) is 12.1 Å². The Labute approximate surface area is 62.4 Å². The SMILES string of the molecule is CCC(C)N(C)C(=O)[N]C. The normalized spacial score (nSPS) is 12.4. The molecule has 2 amide bonds. The highest BCUT2D eigenvalue weighted by Gasteiger charge is 2.11. The van der Waals surface area contributed by atoms with Gasteiger partial charge in [0, 0.05) is 20.1 Å². The lowest BCUT2D eigenvalue weighted by Gasteiger charge is -2.21. The van der Waals surface area contributed by atoms with Crippen molar-refractivity contribution in [2.24, 2.45) is 0 Å². The van der Waals surface area contributed by atoms with Crippen LogP contribution < -0.4 is 5.32 Å². The predicted octanol–water partition coefficient (Wildman–Crippen LogP) is 1.07. The average Bonchev–Trinajstić information content (AvgIpc) is 2.00. The number of urea groups is 1. The smallest absolute Gasteiger partial charge is 0.324 e. The quantitative estimate of drug-likeness (QED) is 0.569. The molecule has 0 heterocycles. The molecule has 0 aromatic carbocycles. The fourth-order valence-electron chi connectivity index (χ4n) is 0.620. The summed E-state index contributed by atoms with van der Waals surface area (Å²) in [6, 6.07) is 0.144. The first-order valence-corrected chi connectivity index (χ1v) is 3.50. The minimum Gasteiger partial charge on any atom is -0.324 e. The molecule has 0 aromatic heterocycles. The number of hydrogen-bond donors (Lipinski definition) is 0. The van der Waals surface area contributed by atoms with E-state index in [1.54, 1.807) is 11.9 Å². The lowest BCUT2D eigenvalue weighted by molar-refractivity contribution is 0.194. The number of amides is 2. The first-order valence-electron chi connectivity index (χ1n) is 3.50. The minimum absolute atomic E-state index is 0.144. The van der Waals surface area contributed by atoms with Crippen molar-refractivity contribution in [2.45, 2.75) is 26.3 Å². The van der Waals surface area contributed by atoms with E-state index < -0.39 is 0 Å². The summed E-state index contributed by atoms with van der Waals surface area (Å²) in [5, 5.41) is 3.54. The fourth-order valence-corrected chi connectivity index (χ4v) is 0.620. The number of rotatable bonds is 2. The summed E-state index contributed by atoms with van der Waals surface area (Å²) < 4.78 is 0. The molecular formula is C7H15N2O. The molecule has 0 rings (SSSR count). The van der Waals surface area contributed by atoms with Crippen molar-refractivity contribution in [3.8, 4) is 0 Å². The zero-order chi connectivity index (χ0) is 8.15. The van der Waals surface area contributed by atoms with Crippen LogP contribution in [0.1, 0.15) is 20.3 Å². The van der Waals surface area contributed by atoms with Gasteiger partial charge < -0.3 is 4.90 Å². The molecule has 0 N–H and O–H groups in total. The van der Waals surface area contributed by atoms with Crippen molar-refractivity contribution >= 4 is 6.03 Å². The van der Waals surface area contributed by atoms with Crippen molar-refractivity contribution in [3.05, 3.63) is 0 Å². The summed E-state index contributed by atoms with van der Waals surface area (Å²) in [7, 11) is 3.28. The largest absolute Gasteiger partial charge is 0.338 e. The molecule has 59 valence electrons. The second-order valence-corrected chi connectivity index (χ2v) is 2.37. The van der Waals surface area contributed by atoms with Gasteiger partial charge in [0.2, 0.25) is 0 Å². The van der Waals surface area contributed by atoms with Crippen LogP contribution in [0.5, 0.6) is 0 Å². The third kappa shape index (κ3) is 2.25. The van der Waals surface area contributed by atoms with Crippen LogP contribution in [0.25, 0.3) is 0 Å². The Bertz CT molecular complexity index is 114. The lowest BCUT2D eigenvalue weighted by Crippen LogP contribution is -2.37. The standard InChI is InChI=1S/C7H15N2O/c1-5-6(2)9(4)7(10)8-3/h6H,5H2,1-4H3. The molecule has 0 aromatic rings. The number of hydrogen-bond acceptors (Lipinski definition) is 1. The highest BCUT2D eigenvalue weighted by atomic mass is 16.2. The van der Waals surface area contributed by atoms with E-state index in [1.165, 1.54) is 7.05 Å². The van der Waals surface area contributed by atoms with Crippen LogP contribution in [0.4, 0.5) is 4.79 Å². The Morgan fingerprint density at radius 1 is 1.70 bits per heavy atom. The summed E-state index contributed by atoms with van der Waals surface area (Å²) in [5.74, 6) is 0. The number of carbonyl (C=O) groups is 1. The van der Waals surface area contributed by atoms with E-state index >= 15 is 0 Å². The topological polar surface area (TPSA) is 34.4 Å². The predicted molar refractivity (Wildman–Crippen MR) is 41.0 cm³/mol. The van der Waals surface area contributed by atoms with Crippen LogP contribution in [-0.4, -0.2) is 31.1 Å². The lowest BCUT2D eigenvalue weighted by atomic mass is 10.2. The molecule has 10 heavy (non-hydrogen) atoms. The fraction of sp³-hybridized carbons (Fsp3) is 0.857. The second-order valence-electron chi connectivity index (χ2n) is 2.37. The Balaban J connectivity index is 3.81. The maximum Gasteiger partial charge on any atom is 0.338 e. The molecule has 0 spiro atoms. The van der Waals surface area contributed by atoms with Gasteiger partial charge in [-0.3, -0.25) is 0 Å². The molecule has 1 radical (unpaired) electrons. The first kappa shape index (κ1) is 9.27. The van der Waals surface area contributed by atoms with Gasteiger partial charge in [-0.25, -0.2) is 10.1 Å². The maximum atomic E-state index is 10.9. The summed E-state index contributed by atoms with van der Waals surface area (Å²) >= 11 is 0. The van der Waals surface area contributed by atoms with Crippen molar-refractivity contribution < 1.29 is 4.79 Å². The van der Waals surface area contributed by atoms with E-state index in [0.717, 1.165) is 6.42 Å². The van der Waals surface area contributed by atoms with E-state index in [1.807, 2.05) is 13.8 Å². The summed E-state index contributed by atoms with van der Waals surface area (Å²) in [6.07, 6.45) is 0.970. The molecular weight excluding hydrogens is 128 g/mol. The van der Waals surface area contributed by atoms with Gasteiger partial charge in [-0.1, -0.05) is 6.92 Å². The van der Waals surface area contributed by atoms with Gasteiger partial charge in [-0.15, -0.1) is 0 Å². The van der Waals surface area contributed by atoms with Gasteiger partial charge in [0.15, 0.2) is 0 Å². The van der Waals surface area contributed by atoms with Gasteiger partial charge in [-0.05, 0) is 13.3 Å². The minimum atomic E-state index is -0.144. The molecule has 0 fully saturated rings. The summed E-state index contributed by atoms with van der Waals surface area (Å²) in [6.45, 7) is 4.05. The van der Waals surface area contributed by atoms with E-state index in [4.69, 9.17) is 0 Å². The van der Waals surface area contributed by atoms with Crippen LogP contribution >= 0.6 is 0 Å². The average molecular weight is 143 g/mol. The molecule has 3 nitrogen and oxygen atoms in total. The van der Waals surface area contributed by atoms with Crippen LogP contribution in [-0.2, 0) is 0 Å². The van der Waals surface area contributed by atoms with Crippen LogP contribution in [0.3, 0.4) is 0 Å². The van der Waals surface area contributed by atoms with Gasteiger partial charge in [0.25, 0.3) is 0 Å². The molecule has 1 unspecified atom stereocenters. The van der Waals surface area contributed by atoms with Crippen molar-refractivity contribution in [2.75, 3.05) is 14.1 Å². The van der Waals surface area contributed by atoms with Crippen molar-refractivity contribution in [3.63, 3.8) is 0 Å². The molecule has 0 bridgehead atoms. The molecule has 0 aliphatic carbocycles. The Hall–Kier alpha value is -0.730. The van der Waals surface area contributed by atoms with E-state index in [2.05, 4.69) is 5.32 Å². The van der Waals surface area contributed by atoms with Gasteiger partial charge in [0.1, 0.15) is 0 Å². The van der Waals surface area contributed by atoms with Crippen LogP contribution in [0.15, 0.2) is 0 Å². The highest BCUT2D eigenvalue weighted by Crippen LogP contribution is 1.99. The molecule has 0 saturated heterocycles. The highest BCUT2D eigenvalue weighted by molar-refractivity contribution is 5.73. The second kappa shape index (κ2) is 4.14. The molecule has 0 aliphatic rings. The Morgan fingerprint density at radius 2 is 2.20 bits per heavy atom. The number of nitrogens with zero attached hydrogens (tertiary/aromatic N) is 2. The van der Waals surface area contributed by atoms with E-state index in [0.29, 0.717) is 0 Å². The molecule has 3 heteroatoms. The zero-order valence-corrected chi connectivity index (χ0v) is 7.09. The molecule has 0 saturated carbocycles. The summed E-state index contributed by atoms with van der Waals surface area (Å²) in [5.41, 5.74) is 0. The van der Waals surface area contributed by atoms with Gasteiger partial charge >= 0.3 is 6.03 Å². The molecule has 1 atom stereocenters. The molecule has 0 aliphatic heterocycles. The van der Waals surface area contributed by atoms with Gasteiger partial charge in [-0.2, -0.15) is 0 Å². The Kier molecular flexibility index (Phi) is 3.84. The Morgan fingerprint density at radius 3 is 2.50 bits per heavy atom. The third-order valence-electron chi connectivity index (χ3n) is 1.74. The zero-order valence-electron chi connectivity index (χ0n) is 7.09. The van der Waals surface area contributed by atoms with Crippen molar-refractivity contribution in [1.82, 2.24) is 10.2 Å². The first-order chi connectivity index (χ1) is 4.63. The third-order valence-corrected chi connectivity index (χ3v) is 1.74. The number of carbonyl (C=O) groups excluding carboxylic acids is 1. The van der Waals surface area contributed by atoms with E-state index in [9.17, 15) is 4.79 Å². The van der Waals surface area contributed by atoms with Crippen molar-refractivity contribution in [1.29, 1.82) is 0 Å². The maximum absolute atomic E-state index is 10.9. The monoisotopic (exact) mass is 143 g/mol. The van der Waals surface area contributed by atoms with Gasteiger partial charge in [0.05, 0.1) is 0 Å². The van der Waals surface area contributed by atoms with Crippen LogP contribution in [0.2, 0.25) is 0 Å².